The molecule has 0 saturated heterocycles. The van der Waals surface area contributed by atoms with Crippen molar-refractivity contribution in [3.8, 4) is 5.88 Å². The van der Waals surface area contributed by atoms with Gasteiger partial charge in [0, 0.05) is 12.3 Å². The molecule has 0 aromatic carbocycles. The molecule has 0 unspecified atom stereocenters. The van der Waals surface area contributed by atoms with E-state index in [4.69, 9.17) is 9.47 Å². The minimum absolute atomic E-state index is 0.287. The van der Waals surface area contributed by atoms with Gasteiger partial charge in [-0.2, -0.15) is 0 Å². The Bertz CT molecular complexity index is 408. The molecule has 18 heavy (non-hydrogen) atoms. The molecule has 0 bridgehead atoms. The average molecular weight is 249 g/mol. The Hall–Kier alpha value is -1.58. The van der Waals surface area contributed by atoms with Crippen molar-refractivity contribution in [1.82, 2.24) is 4.98 Å². The quantitative estimate of drug-likeness (QED) is 0.773. The second-order valence-corrected chi connectivity index (χ2v) is 4.82. The van der Waals surface area contributed by atoms with Gasteiger partial charge in [0.1, 0.15) is 0 Å². The summed E-state index contributed by atoms with van der Waals surface area (Å²) in [6.07, 6.45) is 6.26. The Balaban J connectivity index is 2.19. The van der Waals surface area contributed by atoms with Gasteiger partial charge in [0.05, 0.1) is 7.11 Å². The van der Waals surface area contributed by atoms with Gasteiger partial charge >= 0.3 is 5.97 Å². The highest BCUT2D eigenvalue weighted by molar-refractivity contribution is 5.80. The Labute approximate surface area is 107 Å². The van der Waals surface area contributed by atoms with E-state index in [0.29, 0.717) is 18.7 Å². The summed E-state index contributed by atoms with van der Waals surface area (Å²) in [5.41, 5.74) is 0.230. The standard InChI is InChI=1S/C14H19NO3/c1-11-6-7-12(15-10-11)18-14(13(16)17-2)8-4-3-5-9-14/h6-7,10H,3-5,8-9H2,1-2H3. The van der Waals surface area contributed by atoms with Crippen LogP contribution in [0.2, 0.25) is 0 Å². The number of aryl methyl sites for hydroxylation is 1. The molecule has 2 rings (SSSR count). The van der Waals surface area contributed by atoms with Gasteiger partial charge in [-0.3, -0.25) is 0 Å². The van der Waals surface area contributed by atoms with Crippen molar-refractivity contribution in [3.05, 3.63) is 23.9 Å². The average Bonchev–Trinajstić information content (AvgIpc) is 2.41. The molecule has 0 aliphatic heterocycles. The second-order valence-electron chi connectivity index (χ2n) is 4.82. The SMILES string of the molecule is COC(=O)C1(Oc2ccc(C)cn2)CCCCC1. The summed E-state index contributed by atoms with van der Waals surface area (Å²) in [5, 5.41) is 0. The van der Waals surface area contributed by atoms with Gasteiger partial charge in [-0.05, 0) is 38.2 Å². The lowest BCUT2D eigenvalue weighted by atomic mass is 9.84. The summed E-state index contributed by atoms with van der Waals surface area (Å²) >= 11 is 0. The highest BCUT2D eigenvalue weighted by Gasteiger charge is 2.43. The summed E-state index contributed by atoms with van der Waals surface area (Å²) in [6, 6.07) is 3.73. The number of aromatic nitrogens is 1. The van der Waals surface area contributed by atoms with E-state index in [-0.39, 0.29) is 5.97 Å². The first-order valence-electron chi connectivity index (χ1n) is 6.36. The molecule has 98 valence electrons. The van der Waals surface area contributed by atoms with Gasteiger partial charge in [-0.1, -0.05) is 12.5 Å². The van der Waals surface area contributed by atoms with Gasteiger partial charge < -0.3 is 9.47 Å². The smallest absolute Gasteiger partial charge is 0.350 e. The summed E-state index contributed by atoms with van der Waals surface area (Å²) < 4.78 is 10.8. The molecule has 1 aliphatic rings. The maximum atomic E-state index is 12.0. The number of methoxy groups -OCH3 is 1. The molecule has 1 fully saturated rings. The fourth-order valence-electron chi connectivity index (χ4n) is 2.37. The largest absolute Gasteiger partial charge is 0.466 e. The van der Waals surface area contributed by atoms with Crippen molar-refractivity contribution in [3.63, 3.8) is 0 Å². The zero-order valence-corrected chi connectivity index (χ0v) is 10.9. The third-order valence-electron chi connectivity index (χ3n) is 3.40. The number of pyridine rings is 1. The Kier molecular flexibility index (Phi) is 3.84. The van der Waals surface area contributed by atoms with Crippen molar-refractivity contribution in [2.24, 2.45) is 0 Å². The van der Waals surface area contributed by atoms with Crippen LogP contribution in [0.25, 0.3) is 0 Å². The normalized spacial score (nSPS) is 18.1. The maximum Gasteiger partial charge on any atom is 0.350 e. The van der Waals surface area contributed by atoms with E-state index in [2.05, 4.69) is 4.98 Å². The van der Waals surface area contributed by atoms with E-state index in [1.165, 1.54) is 7.11 Å². The van der Waals surface area contributed by atoms with Crippen LogP contribution in [0.3, 0.4) is 0 Å². The van der Waals surface area contributed by atoms with E-state index >= 15 is 0 Å². The van der Waals surface area contributed by atoms with Crippen molar-refractivity contribution in [2.75, 3.05) is 7.11 Å². The van der Waals surface area contributed by atoms with Crippen LogP contribution in [0.1, 0.15) is 37.7 Å². The minimum Gasteiger partial charge on any atom is -0.466 e. The fourth-order valence-corrected chi connectivity index (χ4v) is 2.37. The molecule has 4 heteroatoms. The van der Waals surface area contributed by atoms with Gasteiger partial charge in [-0.25, -0.2) is 9.78 Å². The number of hydrogen-bond acceptors (Lipinski definition) is 4. The molecule has 1 heterocycles. The van der Waals surface area contributed by atoms with Crippen LogP contribution in [0.15, 0.2) is 18.3 Å². The molecule has 1 aliphatic carbocycles. The molecule has 4 nitrogen and oxygen atoms in total. The molecule has 1 aromatic rings. The van der Waals surface area contributed by atoms with E-state index in [1.54, 1.807) is 12.3 Å². The number of esters is 1. The summed E-state index contributed by atoms with van der Waals surface area (Å²) in [6.45, 7) is 1.97. The first-order valence-corrected chi connectivity index (χ1v) is 6.36. The topological polar surface area (TPSA) is 48.4 Å². The number of nitrogens with zero attached hydrogens (tertiary/aromatic N) is 1. The highest BCUT2D eigenvalue weighted by Crippen LogP contribution is 2.33. The first kappa shape index (κ1) is 12.9. The van der Waals surface area contributed by atoms with E-state index in [9.17, 15) is 4.79 Å². The third-order valence-corrected chi connectivity index (χ3v) is 3.40. The minimum atomic E-state index is -0.838. The molecular formula is C14H19NO3. The number of rotatable bonds is 3. The van der Waals surface area contributed by atoms with Crippen molar-refractivity contribution < 1.29 is 14.3 Å². The van der Waals surface area contributed by atoms with E-state index in [0.717, 1.165) is 24.8 Å². The third kappa shape index (κ3) is 2.63. The Morgan fingerprint density at radius 2 is 2.00 bits per heavy atom. The molecule has 1 aromatic heterocycles. The van der Waals surface area contributed by atoms with Crippen LogP contribution in [0.4, 0.5) is 0 Å². The van der Waals surface area contributed by atoms with Gasteiger partial charge in [-0.15, -0.1) is 0 Å². The molecule has 1 saturated carbocycles. The monoisotopic (exact) mass is 249 g/mol. The summed E-state index contributed by atoms with van der Waals surface area (Å²) in [4.78, 5) is 16.2. The highest BCUT2D eigenvalue weighted by atomic mass is 16.6. The van der Waals surface area contributed by atoms with Crippen LogP contribution in [0, 0.1) is 6.92 Å². The predicted molar refractivity (Wildman–Crippen MR) is 67.4 cm³/mol. The summed E-state index contributed by atoms with van der Waals surface area (Å²) in [5.74, 6) is 0.206. The van der Waals surface area contributed by atoms with Crippen molar-refractivity contribution in [1.29, 1.82) is 0 Å². The van der Waals surface area contributed by atoms with Crippen LogP contribution in [0.5, 0.6) is 5.88 Å². The molecule has 0 N–H and O–H groups in total. The van der Waals surface area contributed by atoms with Crippen molar-refractivity contribution >= 4 is 5.97 Å². The second kappa shape index (κ2) is 5.38. The number of carbonyl (C=O) groups is 1. The van der Waals surface area contributed by atoms with Crippen LogP contribution < -0.4 is 4.74 Å². The zero-order valence-electron chi connectivity index (χ0n) is 10.9. The Morgan fingerprint density at radius 1 is 1.28 bits per heavy atom. The first-order chi connectivity index (χ1) is 8.66. The molecule has 0 amide bonds. The van der Waals surface area contributed by atoms with E-state index in [1.807, 2.05) is 13.0 Å². The predicted octanol–water partition coefficient (Wildman–Crippen LogP) is 2.64. The fraction of sp³-hybridized carbons (Fsp3) is 0.571. The van der Waals surface area contributed by atoms with E-state index < -0.39 is 5.60 Å². The lowest BCUT2D eigenvalue weighted by Gasteiger charge is -2.34. The van der Waals surface area contributed by atoms with Crippen LogP contribution >= 0.6 is 0 Å². The lowest BCUT2D eigenvalue weighted by molar-refractivity contribution is -0.162. The number of carbonyl (C=O) groups excluding carboxylic acids is 1. The molecule has 0 atom stereocenters. The van der Waals surface area contributed by atoms with Gasteiger partial charge in [0.25, 0.3) is 0 Å². The van der Waals surface area contributed by atoms with Crippen LogP contribution in [-0.4, -0.2) is 23.7 Å². The summed E-state index contributed by atoms with van der Waals surface area (Å²) in [7, 11) is 1.41. The van der Waals surface area contributed by atoms with Crippen molar-refractivity contribution in [2.45, 2.75) is 44.6 Å². The molecular weight excluding hydrogens is 230 g/mol. The maximum absolute atomic E-state index is 12.0. The lowest BCUT2D eigenvalue weighted by Crippen LogP contribution is -2.47. The number of ether oxygens (including phenoxy) is 2. The van der Waals surface area contributed by atoms with Gasteiger partial charge in [0.15, 0.2) is 0 Å². The zero-order chi connectivity index (χ0) is 13.0. The van der Waals surface area contributed by atoms with Gasteiger partial charge in [0.2, 0.25) is 11.5 Å². The van der Waals surface area contributed by atoms with Crippen LogP contribution in [-0.2, 0) is 9.53 Å². The number of hydrogen-bond donors (Lipinski definition) is 0. The molecule has 0 spiro atoms. The Morgan fingerprint density at radius 3 is 2.56 bits per heavy atom. The molecule has 0 radical (unpaired) electrons.